The molecule has 1 aliphatic rings. The van der Waals surface area contributed by atoms with E-state index in [1.807, 2.05) is 0 Å². The number of aromatic nitrogens is 2. The monoisotopic (exact) mass is 307 g/mol. The maximum Gasteiger partial charge on any atom is 0.273 e. The van der Waals surface area contributed by atoms with Crippen LogP contribution in [0.15, 0.2) is 10.7 Å². The molecule has 1 saturated heterocycles. The summed E-state index contributed by atoms with van der Waals surface area (Å²) in [6.07, 6.45) is 1.66. The zero-order chi connectivity index (χ0) is 12.6. The minimum absolute atomic E-state index is 0.149. The molecule has 7 heteroatoms. The topological polar surface area (TPSA) is 38.1 Å². The van der Waals surface area contributed by atoms with Crippen LogP contribution in [0.5, 0.6) is 0 Å². The summed E-state index contributed by atoms with van der Waals surface area (Å²) in [5.74, 6) is -3.19. The summed E-state index contributed by atoms with van der Waals surface area (Å²) in [6.45, 7) is -0.143. The quantitative estimate of drug-likeness (QED) is 0.796. The van der Waals surface area contributed by atoms with E-state index in [4.69, 9.17) is 0 Å². The first kappa shape index (κ1) is 12.5. The lowest BCUT2D eigenvalue weighted by Crippen LogP contribution is -2.46. The summed E-state index contributed by atoms with van der Waals surface area (Å²) in [7, 11) is 1.61. The Morgan fingerprint density at radius 3 is 2.82 bits per heavy atom. The van der Waals surface area contributed by atoms with Gasteiger partial charge in [-0.25, -0.2) is 8.78 Å². The molecule has 2 rings (SSSR count). The smallest absolute Gasteiger partial charge is 0.273 e. The van der Waals surface area contributed by atoms with Gasteiger partial charge in [0.05, 0.1) is 17.2 Å². The molecular formula is C10H12BrF2N3O. The number of alkyl halides is 2. The standard InChI is InChI=1S/C10H12BrF2N3O/c1-15-8(7(11)5-14-15)9(17)16-4-2-3-10(12,13)6-16/h5H,2-4,6H2,1H3. The molecule has 4 nitrogen and oxygen atoms in total. The van der Waals surface area contributed by atoms with Crippen molar-refractivity contribution < 1.29 is 13.6 Å². The molecule has 0 aliphatic carbocycles. The molecule has 17 heavy (non-hydrogen) atoms. The summed E-state index contributed by atoms with van der Waals surface area (Å²) in [4.78, 5) is 13.3. The van der Waals surface area contributed by atoms with Crippen LogP contribution in [-0.4, -0.2) is 39.6 Å². The van der Waals surface area contributed by atoms with Crippen LogP contribution >= 0.6 is 15.9 Å². The third-order valence-corrected chi connectivity index (χ3v) is 3.36. The number of aryl methyl sites for hydroxylation is 1. The van der Waals surface area contributed by atoms with Crippen molar-refractivity contribution in [1.82, 2.24) is 14.7 Å². The van der Waals surface area contributed by atoms with Crippen LogP contribution < -0.4 is 0 Å². The van der Waals surface area contributed by atoms with E-state index in [0.29, 0.717) is 23.1 Å². The number of likely N-dealkylation sites (tertiary alicyclic amines) is 1. The van der Waals surface area contributed by atoms with E-state index in [1.54, 1.807) is 7.05 Å². The predicted octanol–water partition coefficient (Wildman–Crippen LogP) is 2.05. The Morgan fingerprint density at radius 1 is 1.59 bits per heavy atom. The maximum absolute atomic E-state index is 13.2. The van der Waals surface area contributed by atoms with Gasteiger partial charge in [0.15, 0.2) is 0 Å². The third kappa shape index (κ3) is 2.48. The van der Waals surface area contributed by atoms with Gasteiger partial charge in [-0.3, -0.25) is 9.48 Å². The molecule has 1 aromatic rings. The van der Waals surface area contributed by atoms with Gasteiger partial charge in [-0.15, -0.1) is 0 Å². The molecule has 0 bridgehead atoms. The molecule has 1 aliphatic heterocycles. The number of halogens is 3. The fourth-order valence-corrected chi connectivity index (χ4v) is 2.46. The molecule has 0 spiro atoms. The second-order valence-corrected chi connectivity index (χ2v) is 5.01. The molecule has 1 fully saturated rings. The number of amides is 1. The molecule has 1 aromatic heterocycles. The number of carbonyl (C=O) groups is 1. The van der Waals surface area contributed by atoms with Gasteiger partial charge >= 0.3 is 0 Å². The normalized spacial score (nSPS) is 19.4. The largest absolute Gasteiger partial charge is 0.331 e. The van der Waals surface area contributed by atoms with Crippen molar-refractivity contribution in [2.24, 2.45) is 7.05 Å². The fraction of sp³-hybridized carbons (Fsp3) is 0.600. The Labute approximate surface area is 106 Å². The van der Waals surface area contributed by atoms with Crippen LogP contribution in [0.1, 0.15) is 23.3 Å². The number of hydrogen-bond acceptors (Lipinski definition) is 2. The lowest BCUT2D eigenvalue weighted by molar-refractivity contribution is -0.0562. The van der Waals surface area contributed by atoms with Crippen molar-refractivity contribution in [2.45, 2.75) is 18.8 Å². The van der Waals surface area contributed by atoms with Crippen molar-refractivity contribution in [3.8, 4) is 0 Å². The summed E-state index contributed by atoms with van der Waals surface area (Å²) in [5.41, 5.74) is 0.308. The van der Waals surface area contributed by atoms with Gasteiger partial charge in [-0.05, 0) is 22.4 Å². The highest BCUT2D eigenvalue weighted by Crippen LogP contribution is 2.28. The van der Waals surface area contributed by atoms with Crippen molar-refractivity contribution in [2.75, 3.05) is 13.1 Å². The molecular weight excluding hydrogens is 296 g/mol. The summed E-state index contributed by atoms with van der Waals surface area (Å²) < 4.78 is 28.4. The number of hydrogen-bond donors (Lipinski definition) is 0. The summed E-state index contributed by atoms with van der Waals surface area (Å²) in [5, 5.41) is 3.90. The average Bonchev–Trinajstić information content (AvgIpc) is 2.56. The minimum Gasteiger partial charge on any atom is -0.331 e. The van der Waals surface area contributed by atoms with Gasteiger partial charge in [0.2, 0.25) is 0 Å². The number of carbonyl (C=O) groups excluding carboxylic acids is 1. The van der Waals surface area contributed by atoms with E-state index >= 15 is 0 Å². The van der Waals surface area contributed by atoms with Gasteiger partial charge in [-0.2, -0.15) is 5.10 Å². The highest BCUT2D eigenvalue weighted by molar-refractivity contribution is 9.10. The maximum atomic E-state index is 13.2. The number of piperidine rings is 1. The molecule has 0 N–H and O–H groups in total. The van der Waals surface area contributed by atoms with Crippen molar-refractivity contribution in [1.29, 1.82) is 0 Å². The number of rotatable bonds is 1. The Hall–Kier alpha value is -0.980. The Morgan fingerprint density at radius 2 is 2.29 bits per heavy atom. The first-order chi connectivity index (χ1) is 7.91. The Bertz CT molecular complexity index is 427. The molecule has 0 radical (unpaired) electrons. The third-order valence-electron chi connectivity index (χ3n) is 2.78. The first-order valence-electron chi connectivity index (χ1n) is 5.25. The van der Waals surface area contributed by atoms with E-state index in [9.17, 15) is 13.6 Å². The van der Waals surface area contributed by atoms with Gasteiger partial charge in [0.25, 0.3) is 11.8 Å². The van der Waals surface area contributed by atoms with Gasteiger partial charge in [0, 0.05) is 20.0 Å². The Balaban J connectivity index is 2.21. The summed E-state index contributed by atoms with van der Waals surface area (Å²) in [6, 6.07) is 0. The molecule has 0 atom stereocenters. The highest BCUT2D eigenvalue weighted by atomic mass is 79.9. The first-order valence-corrected chi connectivity index (χ1v) is 6.04. The molecule has 0 unspecified atom stereocenters. The highest BCUT2D eigenvalue weighted by Gasteiger charge is 2.38. The Kier molecular flexibility index (Phi) is 3.20. The van der Waals surface area contributed by atoms with Crippen molar-refractivity contribution in [3.63, 3.8) is 0 Å². The SMILES string of the molecule is Cn1ncc(Br)c1C(=O)N1CCCC(F)(F)C1. The van der Waals surface area contributed by atoms with E-state index in [1.165, 1.54) is 15.8 Å². The summed E-state index contributed by atoms with van der Waals surface area (Å²) >= 11 is 3.19. The van der Waals surface area contributed by atoms with Crippen molar-refractivity contribution >= 4 is 21.8 Å². The van der Waals surface area contributed by atoms with Crippen LogP contribution in [0.2, 0.25) is 0 Å². The second kappa shape index (κ2) is 4.36. The van der Waals surface area contributed by atoms with Gasteiger partial charge < -0.3 is 4.90 Å². The molecule has 0 saturated carbocycles. The van der Waals surface area contributed by atoms with E-state index in [0.717, 1.165) is 0 Å². The van der Waals surface area contributed by atoms with E-state index in [2.05, 4.69) is 21.0 Å². The molecule has 1 amide bonds. The average molecular weight is 308 g/mol. The predicted molar refractivity (Wildman–Crippen MR) is 61.0 cm³/mol. The van der Waals surface area contributed by atoms with Crippen LogP contribution in [-0.2, 0) is 7.05 Å². The molecule has 0 aromatic carbocycles. The molecule has 94 valence electrons. The zero-order valence-corrected chi connectivity index (χ0v) is 10.9. The molecule has 2 heterocycles. The second-order valence-electron chi connectivity index (χ2n) is 4.15. The zero-order valence-electron chi connectivity index (χ0n) is 9.29. The lowest BCUT2D eigenvalue weighted by atomic mass is 10.1. The fourth-order valence-electron chi connectivity index (χ4n) is 1.94. The van der Waals surface area contributed by atoms with Gasteiger partial charge in [-0.1, -0.05) is 0 Å². The van der Waals surface area contributed by atoms with Crippen LogP contribution in [0.3, 0.4) is 0 Å². The lowest BCUT2D eigenvalue weighted by Gasteiger charge is -2.32. The van der Waals surface area contributed by atoms with Crippen molar-refractivity contribution in [3.05, 3.63) is 16.4 Å². The van der Waals surface area contributed by atoms with Gasteiger partial charge in [0.1, 0.15) is 5.69 Å². The number of nitrogens with zero attached hydrogens (tertiary/aromatic N) is 3. The van der Waals surface area contributed by atoms with E-state index in [-0.39, 0.29) is 6.42 Å². The van der Waals surface area contributed by atoms with Crippen LogP contribution in [0.25, 0.3) is 0 Å². The van der Waals surface area contributed by atoms with Crippen LogP contribution in [0.4, 0.5) is 8.78 Å². The van der Waals surface area contributed by atoms with Crippen LogP contribution in [0, 0.1) is 0 Å². The van der Waals surface area contributed by atoms with E-state index < -0.39 is 18.4 Å². The minimum atomic E-state index is -2.78.